The summed E-state index contributed by atoms with van der Waals surface area (Å²) in [5, 5.41) is 7.18. The lowest BCUT2D eigenvalue weighted by Gasteiger charge is -2.09. The SMILES string of the molecule is CNc1ncc(C#Cc2ccc(=O)n(C(F)F)c2)c2cc(NC(=O)C3CC3)ncc12. The number of halogens is 2. The zero-order valence-corrected chi connectivity index (χ0v) is 15.9. The smallest absolute Gasteiger partial charge is 0.321 e. The summed E-state index contributed by atoms with van der Waals surface area (Å²) in [5.41, 5.74) is -0.0108. The van der Waals surface area contributed by atoms with E-state index in [0.29, 0.717) is 32.5 Å². The first kappa shape index (κ1) is 19.5. The summed E-state index contributed by atoms with van der Waals surface area (Å²) in [6.07, 6.45) is 5.92. The molecule has 0 spiro atoms. The van der Waals surface area contributed by atoms with Crippen LogP contribution in [0.25, 0.3) is 10.8 Å². The van der Waals surface area contributed by atoms with Crippen LogP contribution in [0.15, 0.2) is 41.6 Å². The summed E-state index contributed by atoms with van der Waals surface area (Å²) in [7, 11) is 1.73. The normalized spacial score (nSPS) is 13.1. The third-order valence-electron chi connectivity index (χ3n) is 4.70. The number of fused-ring (bicyclic) bond motifs is 1. The average molecular weight is 409 g/mol. The van der Waals surface area contributed by atoms with Gasteiger partial charge in [0.15, 0.2) is 0 Å². The number of rotatable bonds is 4. The summed E-state index contributed by atoms with van der Waals surface area (Å²) in [6, 6.07) is 4.14. The van der Waals surface area contributed by atoms with E-state index in [0.717, 1.165) is 25.1 Å². The van der Waals surface area contributed by atoms with Crippen molar-refractivity contribution in [3.63, 3.8) is 0 Å². The summed E-state index contributed by atoms with van der Waals surface area (Å²) < 4.78 is 26.2. The summed E-state index contributed by atoms with van der Waals surface area (Å²) in [5.74, 6) is 6.68. The topological polar surface area (TPSA) is 88.9 Å². The third kappa shape index (κ3) is 3.98. The molecule has 0 saturated heterocycles. The highest BCUT2D eigenvalue weighted by Crippen LogP contribution is 2.31. The number of nitrogens with zero attached hydrogens (tertiary/aromatic N) is 3. The van der Waals surface area contributed by atoms with Crippen LogP contribution in [0.5, 0.6) is 0 Å². The van der Waals surface area contributed by atoms with Crippen LogP contribution in [0.1, 0.15) is 30.5 Å². The van der Waals surface area contributed by atoms with Gasteiger partial charge in [-0.2, -0.15) is 8.78 Å². The van der Waals surface area contributed by atoms with E-state index in [4.69, 9.17) is 0 Å². The highest BCUT2D eigenvalue weighted by molar-refractivity contribution is 5.99. The Morgan fingerprint density at radius 2 is 2.00 bits per heavy atom. The van der Waals surface area contributed by atoms with Crippen molar-refractivity contribution in [3.05, 3.63) is 58.3 Å². The van der Waals surface area contributed by atoms with E-state index < -0.39 is 12.1 Å². The molecular weight excluding hydrogens is 392 g/mol. The maximum Gasteiger partial charge on any atom is 0.321 e. The standard InChI is InChI=1S/C21H17F2N5O2/c1-24-19-16-10-25-17(27-20(30)13-5-6-13)8-15(16)14(9-26-19)4-2-12-3-7-18(29)28(11-12)21(22)23/h3,7-11,13,21H,5-6H2,1H3,(H,24,26)(H,25,27,30). The molecule has 4 rings (SSSR count). The highest BCUT2D eigenvalue weighted by Gasteiger charge is 2.29. The van der Waals surface area contributed by atoms with Crippen molar-refractivity contribution in [2.75, 3.05) is 17.7 Å². The van der Waals surface area contributed by atoms with Gasteiger partial charge in [0, 0.05) is 54.0 Å². The predicted molar refractivity (Wildman–Crippen MR) is 108 cm³/mol. The highest BCUT2D eigenvalue weighted by atomic mass is 19.3. The van der Waals surface area contributed by atoms with Gasteiger partial charge >= 0.3 is 6.55 Å². The molecular formula is C21H17F2N5O2. The van der Waals surface area contributed by atoms with Gasteiger partial charge < -0.3 is 10.6 Å². The number of anilines is 2. The minimum absolute atomic E-state index is 0.0394. The summed E-state index contributed by atoms with van der Waals surface area (Å²) in [6.45, 7) is -2.94. The van der Waals surface area contributed by atoms with Gasteiger partial charge in [-0.1, -0.05) is 11.8 Å². The summed E-state index contributed by atoms with van der Waals surface area (Å²) >= 11 is 0. The van der Waals surface area contributed by atoms with Crippen LogP contribution in [-0.4, -0.2) is 27.5 Å². The Morgan fingerprint density at radius 3 is 2.70 bits per heavy atom. The number of nitrogens with one attached hydrogen (secondary N) is 2. The fourth-order valence-electron chi connectivity index (χ4n) is 2.95. The average Bonchev–Trinajstić information content (AvgIpc) is 3.58. The zero-order chi connectivity index (χ0) is 21.3. The van der Waals surface area contributed by atoms with Crippen LogP contribution < -0.4 is 16.2 Å². The maximum atomic E-state index is 12.9. The van der Waals surface area contributed by atoms with Gasteiger partial charge in [0.25, 0.3) is 5.56 Å². The lowest BCUT2D eigenvalue weighted by atomic mass is 10.1. The van der Waals surface area contributed by atoms with Gasteiger partial charge in [-0.25, -0.2) is 9.97 Å². The van der Waals surface area contributed by atoms with Gasteiger partial charge in [0.1, 0.15) is 11.6 Å². The Kier molecular flexibility index (Phi) is 5.14. The molecule has 0 atom stereocenters. The molecule has 3 heterocycles. The molecule has 1 fully saturated rings. The number of carbonyl (C=O) groups is 1. The van der Waals surface area contributed by atoms with Crippen molar-refractivity contribution < 1.29 is 13.6 Å². The lowest BCUT2D eigenvalue weighted by molar-refractivity contribution is -0.117. The molecule has 1 aliphatic rings. The van der Waals surface area contributed by atoms with E-state index in [1.165, 1.54) is 6.07 Å². The van der Waals surface area contributed by atoms with E-state index in [9.17, 15) is 18.4 Å². The molecule has 2 N–H and O–H groups in total. The molecule has 3 aromatic heterocycles. The number of hydrogen-bond donors (Lipinski definition) is 2. The second kappa shape index (κ2) is 7.91. The zero-order valence-electron chi connectivity index (χ0n) is 15.9. The van der Waals surface area contributed by atoms with E-state index >= 15 is 0 Å². The first-order chi connectivity index (χ1) is 14.5. The van der Waals surface area contributed by atoms with Crippen molar-refractivity contribution in [2.24, 2.45) is 5.92 Å². The van der Waals surface area contributed by atoms with E-state index in [-0.39, 0.29) is 17.4 Å². The molecule has 3 aromatic rings. The van der Waals surface area contributed by atoms with Crippen LogP contribution in [0.3, 0.4) is 0 Å². The number of hydrogen-bond acceptors (Lipinski definition) is 5. The van der Waals surface area contributed by atoms with Crippen LogP contribution >= 0.6 is 0 Å². The molecule has 1 aliphatic carbocycles. The Morgan fingerprint density at radius 1 is 1.20 bits per heavy atom. The molecule has 0 radical (unpaired) electrons. The molecule has 30 heavy (non-hydrogen) atoms. The molecule has 9 heteroatoms. The van der Waals surface area contributed by atoms with Gasteiger partial charge in [0.2, 0.25) is 5.91 Å². The minimum atomic E-state index is -2.94. The van der Waals surface area contributed by atoms with E-state index in [1.807, 2.05) is 0 Å². The number of aromatic nitrogens is 3. The van der Waals surface area contributed by atoms with E-state index in [1.54, 1.807) is 25.5 Å². The molecule has 152 valence electrons. The number of pyridine rings is 3. The number of carbonyl (C=O) groups excluding carboxylic acids is 1. The van der Waals surface area contributed by atoms with Gasteiger partial charge in [-0.05, 0) is 25.0 Å². The fraction of sp³-hybridized carbons (Fsp3) is 0.238. The molecule has 0 aliphatic heterocycles. The van der Waals surface area contributed by atoms with Gasteiger partial charge in [0.05, 0.1) is 5.56 Å². The van der Waals surface area contributed by atoms with Crippen molar-refractivity contribution in [1.29, 1.82) is 0 Å². The van der Waals surface area contributed by atoms with Crippen LogP contribution in [-0.2, 0) is 4.79 Å². The Labute approximate surface area is 170 Å². The van der Waals surface area contributed by atoms with Crippen LogP contribution in [0.2, 0.25) is 0 Å². The van der Waals surface area contributed by atoms with Crippen molar-refractivity contribution in [1.82, 2.24) is 14.5 Å². The molecule has 7 nitrogen and oxygen atoms in total. The summed E-state index contributed by atoms with van der Waals surface area (Å²) in [4.78, 5) is 32.1. The maximum absolute atomic E-state index is 12.9. The Balaban J connectivity index is 1.75. The predicted octanol–water partition coefficient (Wildman–Crippen LogP) is 2.98. The second-order valence-electron chi connectivity index (χ2n) is 6.84. The first-order valence-electron chi connectivity index (χ1n) is 9.26. The largest absolute Gasteiger partial charge is 0.373 e. The van der Waals surface area contributed by atoms with Crippen LogP contribution in [0, 0.1) is 17.8 Å². The fourth-order valence-corrected chi connectivity index (χ4v) is 2.95. The quantitative estimate of drug-likeness (QED) is 0.647. The first-order valence-corrected chi connectivity index (χ1v) is 9.26. The Hall–Kier alpha value is -3.80. The van der Waals surface area contributed by atoms with Crippen molar-refractivity contribution >= 4 is 28.3 Å². The van der Waals surface area contributed by atoms with Crippen molar-refractivity contribution in [2.45, 2.75) is 19.4 Å². The molecule has 1 amide bonds. The molecule has 0 aromatic carbocycles. The number of amides is 1. The third-order valence-corrected chi connectivity index (χ3v) is 4.70. The molecule has 0 bridgehead atoms. The van der Waals surface area contributed by atoms with Gasteiger partial charge in [-0.3, -0.25) is 14.2 Å². The minimum Gasteiger partial charge on any atom is -0.373 e. The lowest BCUT2D eigenvalue weighted by Crippen LogP contribution is -2.19. The number of alkyl halides is 2. The van der Waals surface area contributed by atoms with E-state index in [2.05, 4.69) is 32.4 Å². The Bertz CT molecular complexity index is 1260. The van der Waals surface area contributed by atoms with Crippen LogP contribution in [0.4, 0.5) is 20.4 Å². The molecule has 1 saturated carbocycles. The van der Waals surface area contributed by atoms with Crippen molar-refractivity contribution in [3.8, 4) is 11.8 Å². The second-order valence-corrected chi connectivity index (χ2v) is 6.84. The van der Waals surface area contributed by atoms with Gasteiger partial charge in [-0.15, -0.1) is 0 Å². The monoisotopic (exact) mass is 409 g/mol. The molecule has 0 unspecified atom stereocenters.